The fraction of sp³-hybridized carbons (Fsp3) is 0.111. The summed E-state index contributed by atoms with van der Waals surface area (Å²) >= 11 is 0. The molecular formula is C54H40. The molecule has 0 amide bonds. The number of benzene rings is 9. The van der Waals surface area contributed by atoms with Gasteiger partial charge in [0.2, 0.25) is 0 Å². The first-order chi connectivity index (χ1) is 26.3. The van der Waals surface area contributed by atoms with Gasteiger partial charge in [-0.25, -0.2) is 0 Å². The molecule has 0 unspecified atom stereocenters. The predicted octanol–water partition coefficient (Wildman–Crippen LogP) is 14.8. The van der Waals surface area contributed by atoms with Crippen molar-refractivity contribution in [1.82, 2.24) is 0 Å². The lowest BCUT2D eigenvalue weighted by Gasteiger charge is -2.23. The Balaban J connectivity index is 1.20. The smallest absolute Gasteiger partial charge is 0.0159 e. The van der Waals surface area contributed by atoms with Crippen LogP contribution < -0.4 is 0 Å². The van der Waals surface area contributed by atoms with Crippen LogP contribution in [0, 0.1) is 0 Å². The summed E-state index contributed by atoms with van der Waals surface area (Å²) in [4.78, 5) is 0. The van der Waals surface area contributed by atoms with E-state index in [-0.39, 0.29) is 10.8 Å². The summed E-state index contributed by atoms with van der Waals surface area (Å²) in [6.07, 6.45) is 0. The largest absolute Gasteiger partial charge is 0.0619 e. The number of hydrogen-bond acceptors (Lipinski definition) is 0. The monoisotopic (exact) mass is 688 g/mol. The first-order valence-electron chi connectivity index (χ1n) is 19.3. The van der Waals surface area contributed by atoms with Crippen molar-refractivity contribution in [2.45, 2.75) is 38.5 Å². The van der Waals surface area contributed by atoms with Gasteiger partial charge in [-0.15, -0.1) is 0 Å². The third-order valence-electron chi connectivity index (χ3n) is 12.9. The summed E-state index contributed by atoms with van der Waals surface area (Å²) in [5.41, 5.74) is 18.5. The Labute approximate surface area is 317 Å². The van der Waals surface area contributed by atoms with E-state index in [1.54, 1.807) is 0 Å². The molecule has 0 heterocycles. The van der Waals surface area contributed by atoms with Gasteiger partial charge in [-0.3, -0.25) is 0 Å². The van der Waals surface area contributed by atoms with E-state index in [0.29, 0.717) is 0 Å². The molecule has 0 saturated carbocycles. The van der Waals surface area contributed by atoms with E-state index in [1.807, 2.05) is 0 Å². The van der Waals surface area contributed by atoms with Gasteiger partial charge in [0, 0.05) is 10.8 Å². The van der Waals surface area contributed by atoms with Crippen molar-refractivity contribution in [2.75, 3.05) is 0 Å². The zero-order valence-electron chi connectivity index (χ0n) is 31.2. The number of rotatable bonds is 3. The van der Waals surface area contributed by atoms with E-state index in [4.69, 9.17) is 0 Å². The molecule has 0 bridgehead atoms. The van der Waals surface area contributed by atoms with Crippen LogP contribution in [-0.4, -0.2) is 0 Å². The Hall–Kier alpha value is -6.24. The average molecular weight is 689 g/mol. The minimum atomic E-state index is -0.0848. The maximum atomic E-state index is 2.49. The third kappa shape index (κ3) is 4.32. The van der Waals surface area contributed by atoms with E-state index in [1.165, 1.54) is 110 Å². The van der Waals surface area contributed by atoms with Gasteiger partial charge in [-0.2, -0.15) is 0 Å². The second kappa shape index (κ2) is 11.1. The number of hydrogen-bond donors (Lipinski definition) is 0. The van der Waals surface area contributed by atoms with Crippen LogP contribution in [0.2, 0.25) is 0 Å². The molecule has 0 fully saturated rings. The summed E-state index contributed by atoms with van der Waals surface area (Å²) in [5.74, 6) is 0. The summed E-state index contributed by atoms with van der Waals surface area (Å²) < 4.78 is 0. The first-order valence-corrected chi connectivity index (χ1v) is 19.3. The molecule has 2 aliphatic carbocycles. The van der Waals surface area contributed by atoms with Gasteiger partial charge in [-0.05, 0) is 134 Å². The molecule has 0 N–H and O–H groups in total. The van der Waals surface area contributed by atoms with E-state index >= 15 is 0 Å². The molecule has 2 aliphatic rings. The molecule has 11 rings (SSSR count). The zero-order valence-corrected chi connectivity index (χ0v) is 31.2. The van der Waals surface area contributed by atoms with Crippen LogP contribution in [0.3, 0.4) is 0 Å². The van der Waals surface area contributed by atoms with E-state index in [2.05, 4.69) is 198 Å². The summed E-state index contributed by atoms with van der Waals surface area (Å²) in [6.45, 7) is 9.50. The fourth-order valence-electron chi connectivity index (χ4n) is 10.1. The summed E-state index contributed by atoms with van der Waals surface area (Å²) in [6, 6.07) is 64.2. The lowest BCUT2D eigenvalue weighted by molar-refractivity contribution is 0.660. The van der Waals surface area contributed by atoms with Gasteiger partial charge < -0.3 is 0 Å². The molecule has 0 aliphatic heterocycles. The molecule has 0 spiro atoms. The van der Waals surface area contributed by atoms with Gasteiger partial charge in [0.1, 0.15) is 0 Å². The molecule has 0 heteroatoms. The predicted molar refractivity (Wildman–Crippen MR) is 230 cm³/mol. The Kier molecular flexibility index (Phi) is 6.46. The third-order valence-corrected chi connectivity index (χ3v) is 12.9. The van der Waals surface area contributed by atoms with E-state index in [9.17, 15) is 0 Å². The Morgan fingerprint density at radius 2 is 0.704 bits per heavy atom. The molecule has 0 saturated heterocycles. The molecule has 256 valence electrons. The van der Waals surface area contributed by atoms with Crippen molar-refractivity contribution in [3.63, 3.8) is 0 Å². The van der Waals surface area contributed by atoms with Crippen molar-refractivity contribution in [1.29, 1.82) is 0 Å². The van der Waals surface area contributed by atoms with E-state index < -0.39 is 0 Å². The lowest BCUT2D eigenvalue weighted by Crippen LogP contribution is -2.14. The van der Waals surface area contributed by atoms with Gasteiger partial charge >= 0.3 is 0 Å². The minimum absolute atomic E-state index is 0.0573. The van der Waals surface area contributed by atoms with Crippen molar-refractivity contribution >= 4 is 32.3 Å². The second-order valence-corrected chi connectivity index (χ2v) is 16.5. The topological polar surface area (TPSA) is 0 Å². The van der Waals surface area contributed by atoms with Crippen LogP contribution in [0.5, 0.6) is 0 Å². The first kappa shape index (κ1) is 31.3. The molecule has 9 aromatic carbocycles. The highest BCUT2D eigenvalue weighted by Gasteiger charge is 2.36. The van der Waals surface area contributed by atoms with Crippen LogP contribution in [0.4, 0.5) is 0 Å². The molecule has 9 aromatic rings. The highest BCUT2D eigenvalue weighted by atomic mass is 14.4. The SMILES string of the molecule is CC1(C)c2ccccc2-c2ccc(-c3ccc4c(-c5ccc6ccccc6c5)c5ccccc5c(-c5ccc6c(c5)C(C)(C)c5ccccc5-6)c4c3)cc21. The van der Waals surface area contributed by atoms with Crippen molar-refractivity contribution < 1.29 is 0 Å². The highest BCUT2D eigenvalue weighted by molar-refractivity contribution is 6.22. The number of fused-ring (bicyclic) bond motifs is 9. The van der Waals surface area contributed by atoms with E-state index in [0.717, 1.165) is 0 Å². The molecule has 0 atom stereocenters. The van der Waals surface area contributed by atoms with Crippen molar-refractivity contribution in [3.8, 4) is 55.6 Å². The van der Waals surface area contributed by atoms with Crippen LogP contribution >= 0.6 is 0 Å². The van der Waals surface area contributed by atoms with Crippen LogP contribution in [0.1, 0.15) is 49.9 Å². The quantitative estimate of drug-likeness (QED) is 0.162. The van der Waals surface area contributed by atoms with Gasteiger partial charge in [0.25, 0.3) is 0 Å². The molecule has 54 heavy (non-hydrogen) atoms. The summed E-state index contributed by atoms with van der Waals surface area (Å²) in [7, 11) is 0. The molecular weight excluding hydrogens is 649 g/mol. The maximum absolute atomic E-state index is 2.49. The normalized spacial score (nSPS) is 14.6. The van der Waals surface area contributed by atoms with Gasteiger partial charge in [0.15, 0.2) is 0 Å². The highest BCUT2D eigenvalue weighted by Crippen LogP contribution is 2.53. The Bertz CT molecular complexity index is 3040. The molecule has 0 radical (unpaired) electrons. The fourth-order valence-corrected chi connectivity index (χ4v) is 10.1. The maximum Gasteiger partial charge on any atom is 0.0159 e. The second-order valence-electron chi connectivity index (χ2n) is 16.5. The molecule has 0 aromatic heterocycles. The Morgan fingerprint density at radius 3 is 1.37 bits per heavy atom. The van der Waals surface area contributed by atoms with Gasteiger partial charge in [-0.1, -0.05) is 173 Å². The van der Waals surface area contributed by atoms with Crippen LogP contribution in [0.15, 0.2) is 170 Å². The minimum Gasteiger partial charge on any atom is -0.0619 e. The van der Waals surface area contributed by atoms with Crippen molar-refractivity contribution in [2.24, 2.45) is 0 Å². The lowest BCUT2D eigenvalue weighted by atomic mass is 9.80. The Morgan fingerprint density at radius 1 is 0.278 bits per heavy atom. The van der Waals surface area contributed by atoms with Crippen LogP contribution in [-0.2, 0) is 10.8 Å². The zero-order chi connectivity index (χ0) is 36.3. The van der Waals surface area contributed by atoms with Gasteiger partial charge in [0.05, 0.1) is 0 Å². The van der Waals surface area contributed by atoms with Crippen LogP contribution in [0.25, 0.3) is 88.0 Å². The molecule has 0 nitrogen and oxygen atoms in total. The summed E-state index contributed by atoms with van der Waals surface area (Å²) in [5, 5.41) is 7.64. The van der Waals surface area contributed by atoms with Crippen molar-refractivity contribution in [3.05, 3.63) is 192 Å². The average Bonchev–Trinajstić information content (AvgIpc) is 3.58. The standard InChI is InChI=1S/C54H40/c1-53(2)47-19-11-9-15-39(47)41-26-23-36(31-49(41)53)35-24-28-45-46(30-35)52(38-25-27-42-40-16-10-12-20-48(40)54(3,4)50(42)32-38)44-18-8-7-17-43(44)51(45)37-22-21-33-13-5-6-14-34(33)29-37/h5-32H,1-4H3.